The second-order valence-electron chi connectivity index (χ2n) is 4.18. The smallest absolute Gasteiger partial charge is 0.221 e. The van der Waals surface area contributed by atoms with Gasteiger partial charge in [0.25, 0.3) is 0 Å². The molecule has 4 heteroatoms. The summed E-state index contributed by atoms with van der Waals surface area (Å²) in [5, 5.41) is 2.62. The average Bonchev–Trinajstić information content (AvgIpc) is 2.36. The first-order chi connectivity index (χ1) is 8.15. The molecule has 0 aliphatic rings. The number of nitrogens with one attached hydrogen (secondary N) is 1. The Bertz CT molecular complexity index is 348. The summed E-state index contributed by atoms with van der Waals surface area (Å²) in [5.74, 6) is 0.0790. The van der Waals surface area contributed by atoms with Gasteiger partial charge in [-0.25, -0.2) is 0 Å². The summed E-state index contributed by atoms with van der Waals surface area (Å²) in [6, 6.07) is 8.25. The van der Waals surface area contributed by atoms with Gasteiger partial charge in [0, 0.05) is 33.1 Å². The molecule has 1 rings (SSSR count). The molecule has 94 valence electrons. The van der Waals surface area contributed by atoms with Crippen molar-refractivity contribution in [3.8, 4) is 0 Å². The van der Waals surface area contributed by atoms with Gasteiger partial charge in [-0.05, 0) is 18.2 Å². The van der Waals surface area contributed by atoms with E-state index >= 15 is 0 Å². The van der Waals surface area contributed by atoms with Crippen molar-refractivity contribution < 1.29 is 4.79 Å². The first-order valence-corrected chi connectivity index (χ1v) is 5.82. The molecule has 0 spiro atoms. The Morgan fingerprint density at radius 1 is 1.29 bits per heavy atom. The number of amides is 1. The average molecular weight is 235 g/mol. The molecule has 0 heterocycles. The third-order valence-corrected chi connectivity index (χ3v) is 2.71. The van der Waals surface area contributed by atoms with Gasteiger partial charge < -0.3 is 16.0 Å². The van der Waals surface area contributed by atoms with Crippen molar-refractivity contribution in [3.05, 3.63) is 35.4 Å². The molecule has 0 atom stereocenters. The standard InChI is InChI=1S/C13H21N3O/c1-15-13(17)7-8-16(2)10-12-5-3-11(9-14)4-6-12/h3-6H,7-10,14H2,1-2H3,(H,15,17). The quantitative estimate of drug-likeness (QED) is 0.763. The molecule has 1 amide bonds. The largest absolute Gasteiger partial charge is 0.359 e. The molecule has 0 bridgehead atoms. The van der Waals surface area contributed by atoms with Crippen LogP contribution in [0, 0.1) is 0 Å². The first kappa shape index (κ1) is 13.7. The number of hydrogen-bond donors (Lipinski definition) is 2. The minimum atomic E-state index is 0.0790. The summed E-state index contributed by atoms with van der Waals surface area (Å²) >= 11 is 0. The third kappa shape index (κ3) is 4.97. The molecule has 0 unspecified atom stereocenters. The number of benzene rings is 1. The van der Waals surface area contributed by atoms with Crippen LogP contribution in [-0.4, -0.2) is 31.4 Å². The highest BCUT2D eigenvalue weighted by Gasteiger charge is 2.03. The Morgan fingerprint density at radius 2 is 1.88 bits per heavy atom. The fraction of sp³-hybridized carbons (Fsp3) is 0.462. The van der Waals surface area contributed by atoms with Crippen LogP contribution in [0.25, 0.3) is 0 Å². The highest BCUT2D eigenvalue weighted by molar-refractivity contribution is 5.75. The lowest BCUT2D eigenvalue weighted by atomic mass is 10.1. The number of carbonyl (C=O) groups excluding carboxylic acids is 1. The van der Waals surface area contributed by atoms with Gasteiger partial charge in [-0.15, -0.1) is 0 Å². The van der Waals surface area contributed by atoms with Gasteiger partial charge in [0.05, 0.1) is 0 Å². The summed E-state index contributed by atoms with van der Waals surface area (Å²) in [7, 11) is 3.67. The van der Waals surface area contributed by atoms with Gasteiger partial charge in [-0.3, -0.25) is 4.79 Å². The van der Waals surface area contributed by atoms with Crippen molar-refractivity contribution in [1.82, 2.24) is 10.2 Å². The molecule has 0 aliphatic carbocycles. The molecule has 0 saturated carbocycles. The lowest BCUT2D eigenvalue weighted by Gasteiger charge is -2.16. The Balaban J connectivity index is 2.39. The van der Waals surface area contributed by atoms with E-state index in [1.807, 2.05) is 19.2 Å². The van der Waals surface area contributed by atoms with Crippen LogP contribution in [0.3, 0.4) is 0 Å². The normalized spacial score (nSPS) is 10.6. The van der Waals surface area contributed by atoms with E-state index in [2.05, 4.69) is 22.3 Å². The molecule has 1 aromatic carbocycles. The van der Waals surface area contributed by atoms with E-state index in [-0.39, 0.29) is 5.91 Å². The Kier molecular flexibility index (Phi) is 5.66. The molecular weight excluding hydrogens is 214 g/mol. The van der Waals surface area contributed by atoms with Gasteiger partial charge >= 0.3 is 0 Å². The van der Waals surface area contributed by atoms with Crippen LogP contribution in [-0.2, 0) is 17.9 Å². The maximum absolute atomic E-state index is 11.1. The molecule has 3 N–H and O–H groups in total. The van der Waals surface area contributed by atoms with Crippen molar-refractivity contribution >= 4 is 5.91 Å². The monoisotopic (exact) mass is 235 g/mol. The molecule has 17 heavy (non-hydrogen) atoms. The minimum Gasteiger partial charge on any atom is -0.359 e. The SMILES string of the molecule is CNC(=O)CCN(C)Cc1ccc(CN)cc1. The maximum Gasteiger partial charge on any atom is 0.221 e. The van der Waals surface area contributed by atoms with Crippen LogP contribution in [0.1, 0.15) is 17.5 Å². The van der Waals surface area contributed by atoms with Crippen molar-refractivity contribution in [1.29, 1.82) is 0 Å². The minimum absolute atomic E-state index is 0.0790. The van der Waals surface area contributed by atoms with Crippen LogP contribution in [0.15, 0.2) is 24.3 Å². The summed E-state index contributed by atoms with van der Waals surface area (Å²) in [6.07, 6.45) is 0.536. The summed E-state index contributed by atoms with van der Waals surface area (Å²) in [6.45, 7) is 2.19. The van der Waals surface area contributed by atoms with Gasteiger partial charge in [0.15, 0.2) is 0 Å². The molecule has 0 radical (unpaired) electrons. The molecule has 0 aromatic heterocycles. The molecule has 1 aromatic rings. The number of nitrogens with two attached hydrogens (primary N) is 1. The Hall–Kier alpha value is -1.39. The molecular formula is C13H21N3O. The highest BCUT2D eigenvalue weighted by Crippen LogP contribution is 2.06. The zero-order chi connectivity index (χ0) is 12.7. The lowest BCUT2D eigenvalue weighted by molar-refractivity contribution is -0.120. The topological polar surface area (TPSA) is 58.4 Å². The first-order valence-electron chi connectivity index (χ1n) is 5.82. The van der Waals surface area contributed by atoms with Gasteiger partial charge in [0.1, 0.15) is 0 Å². The summed E-state index contributed by atoms with van der Waals surface area (Å²) in [5.41, 5.74) is 7.92. The van der Waals surface area contributed by atoms with Crippen molar-refractivity contribution in [2.45, 2.75) is 19.5 Å². The Morgan fingerprint density at radius 3 is 2.41 bits per heavy atom. The van der Waals surface area contributed by atoms with Crippen LogP contribution in [0.4, 0.5) is 0 Å². The van der Waals surface area contributed by atoms with Crippen molar-refractivity contribution in [2.75, 3.05) is 20.6 Å². The van der Waals surface area contributed by atoms with E-state index in [1.54, 1.807) is 7.05 Å². The fourth-order valence-electron chi connectivity index (χ4n) is 1.59. The van der Waals surface area contributed by atoms with E-state index in [0.29, 0.717) is 13.0 Å². The summed E-state index contributed by atoms with van der Waals surface area (Å²) in [4.78, 5) is 13.2. The zero-order valence-corrected chi connectivity index (χ0v) is 10.6. The van der Waals surface area contributed by atoms with E-state index < -0.39 is 0 Å². The van der Waals surface area contributed by atoms with Gasteiger partial charge in [0.2, 0.25) is 5.91 Å². The maximum atomic E-state index is 11.1. The Labute approximate surface area is 103 Å². The number of rotatable bonds is 6. The van der Waals surface area contributed by atoms with Gasteiger partial charge in [-0.2, -0.15) is 0 Å². The second-order valence-corrected chi connectivity index (χ2v) is 4.18. The van der Waals surface area contributed by atoms with Crippen molar-refractivity contribution in [3.63, 3.8) is 0 Å². The molecule has 4 nitrogen and oxygen atoms in total. The molecule has 0 saturated heterocycles. The van der Waals surface area contributed by atoms with Gasteiger partial charge in [-0.1, -0.05) is 24.3 Å². The summed E-state index contributed by atoms with van der Waals surface area (Å²) < 4.78 is 0. The van der Waals surface area contributed by atoms with E-state index in [1.165, 1.54) is 5.56 Å². The van der Waals surface area contributed by atoms with Crippen molar-refractivity contribution in [2.24, 2.45) is 5.73 Å². The van der Waals surface area contributed by atoms with Crippen LogP contribution in [0.2, 0.25) is 0 Å². The highest BCUT2D eigenvalue weighted by atomic mass is 16.1. The predicted molar refractivity (Wildman–Crippen MR) is 69.4 cm³/mol. The third-order valence-electron chi connectivity index (χ3n) is 2.71. The van der Waals surface area contributed by atoms with Crippen LogP contribution < -0.4 is 11.1 Å². The van der Waals surface area contributed by atoms with Crippen LogP contribution in [0.5, 0.6) is 0 Å². The van der Waals surface area contributed by atoms with Crippen LogP contribution >= 0.6 is 0 Å². The number of hydrogen-bond acceptors (Lipinski definition) is 3. The van der Waals surface area contributed by atoms with E-state index in [4.69, 9.17) is 5.73 Å². The molecule has 0 fully saturated rings. The zero-order valence-electron chi connectivity index (χ0n) is 10.6. The van der Waals surface area contributed by atoms with E-state index in [0.717, 1.165) is 18.7 Å². The number of carbonyl (C=O) groups is 1. The second kappa shape index (κ2) is 7.04. The molecule has 0 aliphatic heterocycles. The predicted octanol–water partition coefficient (Wildman–Crippen LogP) is 0.713. The lowest BCUT2D eigenvalue weighted by Crippen LogP contribution is -2.26. The fourth-order valence-corrected chi connectivity index (χ4v) is 1.59. The van der Waals surface area contributed by atoms with E-state index in [9.17, 15) is 4.79 Å². The number of nitrogens with zero attached hydrogens (tertiary/aromatic N) is 1.